The van der Waals surface area contributed by atoms with Crippen LogP contribution in [0.4, 0.5) is 13.2 Å². The quantitative estimate of drug-likeness (QED) is 0.514. The summed E-state index contributed by atoms with van der Waals surface area (Å²) in [6, 6.07) is 9.00. The van der Waals surface area contributed by atoms with E-state index < -0.39 is 23.4 Å². The maximum atomic E-state index is 13.9. The van der Waals surface area contributed by atoms with Crippen LogP contribution >= 0.6 is 0 Å². The first-order chi connectivity index (χ1) is 12.5. The molecule has 0 fully saturated rings. The number of ether oxygens (including phenoxy) is 1. The molecule has 134 valence electrons. The number of hydrogen-bond acceptors (Lipinski definition) is 3. The molecule has 0 aliphatic heterocycles. The van der Waals surface area contributed by atoms with Gasteiger partial charge >= 0.3 is 5.97 Å². The fourth-order valence-corrected chi connectivity index (χ4v) is 2.67. The van der Waals surface area contributed by atoms with Crippen molar-refractivity contribution >= 4 is 5.97 Å². The first kappa shape index (κ1) is 17.7. The van der Waals surface area contributed by atoms with E-state index in [0.29, 0.717) is 23.5 Å². The van der Waals surface area contributed by atoms with Gasteiger partial charge in [0.15, 0.2) is 17.5 Å². The van der Waals surface area contributed by atoms with Crippen LogP contribution in [0.3, 0.4) is 0 Å². The first-order valence-electron chi connectivity index (χ1n) is 7.80. The molecule has 1 heterocycles. The maximum absolute atomic E-state index is 13.9. The van der Waals surface area contributed by atoms with Crippen molar-refractivity contribution in [3.63, 3.8) is 0 Å². The van der Waals surface area contributed by atoms with E-state index in [-0.39, 0.29) is 12.0 Å². The molecule has 0 aliphatic rings. The summed E-state index contributed by atoms with van der Waals surface area (Å²) < 4.78 is 46.9. The molecule has 3 aromatic rings. The van der Waals surface area contributed by atoms with E-state index in [9.17, 15) is 18.0 Å². The van der Waals surface area contributed by atoms with Gasteiger partial charge in [-0.2, -0.15) is 0 Å². The Kier molecular flexibility index (Phi) is 5.06. The zero-order valence-electron chi connectivity index (χ0n) is 13.9. The van der Waals surface area contributed by atoms with Gasteiger partial charge in [0.2, 0.25) is 0 Å². The SMILES string of the molecule is COC(=O)c1ccccc1Cn1ccnc1Cc1ccc(F)c(F)c1F. The van der Waals surface area contributed by atoms with E-state index in [1.807, 2.05) is 0 Å². The number of methoxy groups -OCH3 is 1. The highest BCUT2D eigenvalue weighted by Crippen LogP contribution is 2.19. The van der Waals surface area contributed by atoms with Gasteiger partial charge in [-0.1, -0.05) is 24.3 Å². The number of halogens is 3. The molecule has 0 radical (unpaired) electrons. The average Bonchev–Trinajstić information content (AvgIpc) is 3.09. The van der Waals surface area contributed by atoms with Gasteiger partial charge in [-0.3, -0.25) is 0 Å². The summed E-state index contributed by atoms with van der Waals surface area (Å²) in [4.78, 5) is 16.0. The van der Waals surface area contributed by atoms with Crippen LogP contribution in [-0.4, -0.2) is 22.6 Å². The van der Waals surface area contributed by atoms with Crippen molar-refractivity contribution in [2.24, 2.45) is 0 Å². The molecule has 3 rings (SSSR count). The molecule has 0 spiro atoms. The highest BCUT2D eigenvalue weighted by Gasteiger charge is 2.17. The molecular weight excluding hydrogens is 345 g/mol. The normalized spacial score (nSPS) is 10.8. The zero-order valence-corrected chi connectivity index (χ0v) is 13.9. The summed E-state index contributed by atoms with van der Waals surface area (Å²) in [7, 11) is 1.30. The maximum Gasteiger partial charge on any atom is 0.338 e. The van der Waals surface area contributed by atoms with Gasteiger partial charge < -0.3 is 9.30 Å². The van der Waals surface area contributed by atoms with E-state index in [1.54, 1.807) is 35.0 Å². The Morgan fingerprint density at radius 1 is 1.08 bits per heavy atom. The number of nitrogens with zero attached hydrogens (tertiary/aromatic N) is 2. The average molecular weight is 360 g/mol. The van der Waals surface area contributed by atoms with Gasteiger partial charge in [-0.05, 0) is 23.3 Å². The van der Waals surface area contributed by atoms with Crippen molar-refractivity contribution in [1.29, 1.82) is 0 Å². The minimum atomic E-state index is -1.50. The summed E-state index contributed by atoms with van der Waals surface area (Å²) in [6.45, 7) is 0.298. The number of imidazole rings is 1. The molecule has 0 saturated carbocycles. The highest BCUT2D eigenvalue weighted by molar-refractivity contribution is 5.90. The van der Waals surface area contributed by atoms with Gasteiger partial charge in [0.1, 0.15) is 5.82 Å². The lowest BCUT2D eigenvalue weighted by atomic mass is 10.1. The third-order valence-corrected chi connectivity index (χ3v) is 4.03. The molecule has 0 amide bonds. The predicted octanol–water partition coefficient (Wildman–Crippen LogP) is 3.73. The molecule has 26 heavy (non-hydrogen) atoms. The molecule has 0 atom stereocenters. The standard InChI is InChI=1S/C19H15F3N2O2/c1-26-19(25)14-5-3-2-4-13(14)11-24-9-8-23-16(24)10-12-6-7-15(20)18(22)17(12)21/h2-9H,10-11H2,1H3. The molecule has 1 aromatic heterocycles. The summed E-state index contributed by atoms with van der Waals surface area (Å²) in [5, 5.41) is 0. The second-order valence-electron chi connectivity index (χ2n) is 5.63. The van der Waals surface area contributed by atoms with Crippen LogP contribution in [0.5, 0.6) is 0 Å². The number of esters is 1. The molecule has 0 N–H and O–H groups in total. The molecule has 4 nitrogen and oxygen atoms in total. The van der Waals surface area contributed by atoms with Crippen LogP contribution in [0.25, 0.3) is 0 Å². The predicted molar refractivity (Wildman–Crippen MR) is 88.2 cm³/mol. The molecule has 0 saturated heterocycles. The van der Waals surface area contributed by atoms with Crippen LogP contribution in [0.15, 0.2) is 48.8 Å². The molecule has 7 heteroatoms. The van der Waals surface area contributed by atoms with Gasteiger partial charge in [0.05, 0.1) is 12.7 Å². The minimum Gasteiger partial charge on any atom is -0.465 e. The fourth-order valence-electron chi connectivity index (χ4n) is 2.67. The Hall–Kier alpha value is -3.09. The van der Waals surface area contributed by atoms with Crippen molar-refractivity contribution < 1.29 is 22.7 Å². The van der Waals surface area contributed by atoms with Gasteiger partial charge in [-0.25, -0.2) is 22.9 Å². The number of carbonyl (C=O) groups is 1. The van der Waals surface area contributed by atoms with E-state index in [1.165, 1.54) is 19.4 Å². The third kappa shape index (κ3) is 3.46. The Balaban J connectivity index is 1.89. The smallest absolute Gasteiger partial charge is 0.338 e. The highest BCUT2D eigenvalue weighted by atomic mass is 19.2. The number of rotatable bonds is 5. The second-order valence-corrected chi connectivity index (χ2v) is 5.63. The van der Waals surface area contributed by atoms with Crippen LogP contribution in [0.1, 0.15) is 27.3 Å². The van der Waals surface area contributed by atoms with Crippen molar-refractivity contribution in [2.75, 3.05) is 7.11 Å². The van der Waals surface area contributed by atoms with E-state index in [2.05, 4.69) is 4.98 Å². The lowest BCUT2D eigenvalue weighted by Crippen LogP contribution is -2.11. The molecule has 0 bridgehead atoms. The molecule has 2 aromatic carbocycles. The Bertz CT molecular complexity index is 954. The van der Waals surface area contributed by atoms with Gasteiger partial charge in [0.25, 0.3) is 0 Å². The lowest BCUT2D eigenvalue weighted by molar-refractivity contribution is 0.0599. The first-order valence-corrected chi connectivity index (χ1v) is 7.80. The monoisotopic (exact) mass is 360 g/mol. The fraction of sp³-hybridized carbons (Fsp3) is 0.158. The third-order valence-electron chi connectivity index (χ3n) is 4.03. The summed E-state index contributed by atoms with van der Waals surface area (Å²) in [6.07, 6.45) is 3.17. The van der Waals surface area contributed by atoms with Gasteiger partial charge in [-0.15, -0.1) is 0 Å². The number of benzene rings is 2. The van der Waals surface area contributed by atoms with Crippen LogP contribution in [0.2, 0.25) is 0 Å². The lowest BCUT2D eigenvalue weighted by Gasteiger charge is -2.12. The van der Waals surface area contributed by atoms with Crippen LogP contribution < -0.4 is 0 Å². The number of aromatic nitrogens is 2. The number of hydrogen-bond donors (Lipinski definition) is 0. The van der Waals surface area contributed by atoms with Crippen LogP contribution in [0, 0.1) is 17.5 Å². The Labute approximate surface area is 147 Å². The van der Waals surface area contributed by atoms with Gasteiger partial charge in [0, 0.05) is 25.4 Å². The topological polar surface area (TPSA) is 44.1 Å². The Morgan fingerprint density at radius 3 is 2.62 bits per heavy atom. The largest absolute Gasteiger partial charge is 0.465 e. The molecule has 0 aliphatic carbocycles. The number of carbonyl (C=O) groups excluding carboxylic acids is 1. The van der Waals surface area contributed by atoms with E-state index in [0.717, 1.165) is 6.07 Å². The second kappa shape index (κ2) is 7.43. The van der Waals surface area contributed by atoms with E-state index in [4.69, 9.17) is 4.74 Å². The van der Waals surface area contributed by atoms with Crippen molar-refractivity contribution in [1.82, 2.24) is 9.55 Å². The zero-order chi connectivity index (χ0) is 18.7. The minimum absolute atomic E-state index is 0.00222. The van der Waals surface area contributed by atoms with Crippen molar-refractivity contribution in [3.05, 3.63) is 88.8 Å². The van der Waals surface area contributed by atoms with Crippen molar-refractivity contribution in [3.8, 4) is 0 Å². The van der Waals surface area contributed by atoms with Crippen molar-refractivity contribution in [2.45, 2.75) is 13.0 Å². The Morgan fingerprint density at radius 2 is 1.85 bits per heavy atom. The molecular formula is C19H15F3N2O2. The summed E-state index contributed by atoms with van der Waals surface area (Å²) in [5.74, 6) is -3.98. The molecule has 0 unspecified atom stereocenters. The summed E-state index contributed by atoms with van der Waals surface area (Å²) in [5.41, 5.74) is 1.11. The van der Waals surface area contributed by atoms with Crippen LogP contribution in [-0.2, 0) is 17.7 Å². The van der Waals surface area contributed by atoms with E-state index >= 15 is 0 Å². The summed E-state index contributed by atoms with van der Waals surface area (Å²) >= 11 is 0.